The molecule has 1 amide bonds. The van der Waals surface area contributed by atoms with Gasteiger partial charge in [0.25, 0.3) is 5.91 Å². The molecule has 0 unspecified atom stereocenters. The Morgan fingerprint density at radius 1 is 1.37 bits per heavy atom. The molecule has 0 radical (unpaired) electrons. The monoisotopic (exact) mass is 285 g/mol. The average molecular weight is 286 g/mol. The molecule has 1 aliphatic rings. The van der Waals surface area contributed by atoms with Crippen molar-refractivity contribution in [3.05, 3.63) is 28.5 Å². The van der Waals surface area contributed by atoms with Gasteiger partial charge in [-0.2, -0.15) is 0 Å². The van der Waals surface area contributed by atoms with Gasteiger partial charge in [-0.25, -0.2) is 4.39 Å². The molecule has 1 fully saturated rings. The van der Waals surface area contributed by atoms with Crippen LogP contribution in [0.5, 0.6) is 5.75 Å². The number of halogens is 2. The topological polar surface area (TPSA) is 38.3 Å². The molecule has 1 N–H and O–H groups in total. The summed E-state index contributed by atoms with van der Waals surface area (Å²) in [6.45, 7) is 0. The molecule has 2 rings (SSSR count). The Balaban J connectivity index is 2.16. The molecule has 0 saturated heterocycles. The highest BCUT2D eigenvalue weighted by molar-refractivity contribution is 6.31. The smallest absolute Gasteiger partial charge is 0.255 e. The van der Waals surface area contributed by atoms with Crippen molar-refractivity contribution in [2.24, 2.45) is 0 Å². The van der Waals surface area contributed by atoms with Crippen LogP contribution in [-0.2, 0) is 0 Å². The van der Waals surface area contributed by atoms with Gasteiger partial charge < -0.3 is 10.1 Å². The number of ether oxygens (including phenoxy) is 1. The largest absolute Gasteiger partial charge is 0.493 e. The summed E-state index contributed by atoms with van der Waals surface area (Å²) >= 11 is 5.67. The van der Waals surface area contributed by atoms with E-state index in [1.807, 2.05) is 0 Å². The van der Waals surface area contributed by atoms with Crippen molar-refractivity contribution in [1.82, 2.24) is 5.32 Å². The molecule has 0 bridgehead atoms. The molecule has 1 aliphatic carbocycles. The van der Waals surface area contributed by atoms with Crippen LogP contribution in [0.4, 0.5) is 4.39 Å². The van der Waals surface area contributed by atoms with E-state index >= 15 is 0 Å². The van der Waals surface area contributed by atoms with Gasteiger partial charge in [0, 0.05) is 6.04 Å². The van der Waals surface area contributed by atoms with Gasteiger partial charge >= 0.3 is 0 Å². The van der Waals surface area contributed by atoms with Crippen LogP contribution in [0.15, 0.2) is 12.1 Å². The summed E-state index contributed by atoms with van der Waals surface area (Å²) in [5, 5.41) is 2.88. The van der Waals surface area contributed by atoms with E-state index in [1.54, 1.807) is 0 Å². The zero-order chi connectivity index (χ0) is 13.8. The number of nitrogens with one attached hydrogen (secondary N) is 1. The molecule has 0 aliphatic heterocycles. The first-order valence-electron chi connectivity index (χ1n) is 6.46. The molecule has 3 nitrogen and oxygen atoms in total. The van der Waals surface area contributed by atoms with Gasteiger partial charge in [-0.1, -0.05) is 30.9 Å². The molecule has 0 spiro atoms. The molecule has 104 valence electrons. The first kappa shape index (κ1) is 14.1. The Kier molecular flexibility index (Phi) is 4.64. The van der Waals surface area contributed by atoms with Gasteiger partial charge in [-0.3, -0.25) is 4.79 Å². The van der Waals surface area contributed by atoms with Crippen molar-refractivity contribution in [3.63, 3.8) is 0 Å². The fourth-order valence-electron chi connectivity index (χ4n) is 2.42. The van der Waals surface area contributed by atoms with Gasteiger partial charge in [0.05, 0.1) is 17.7 Å². The highest BCUT2D eigenvalue weighted by atomic mass is 35.5. The molecule has 1 aromatic carbocycles. The third-order valence-electron chi connectivity index (χ3n) is 3.44. The highest BCUT2D eigenvalue weighted by Gasteiger charge is 2.22. The third-order valence-corrected chi connectivity index (χ3v) is 3.73. The maximum absolute atomic E-state index is 13.8. The third kappa shape index (κ3) is 3.18. The van der Waals surface area contributed by atoms with Crippen molar-refractivity contribution in [2.45, 2.75) is 38.1 Å². The van der Waals surface area contributed by atoms with Crippen LogP contribution in [0.2, 0.25) is 5.02 Å². The second kappa shape index (κ2) is 6.24. The second-order valence-corrected chi connectivity index (χ2v) is 5.16. The van der Waals surface area contributed by atoms with E-state index in [0.29, 0.717) is 0 Å². The number of methoxy groups -OCH3 is 1. The van der Waals surface area contributed by atoms with Gasteiger partial charge in [-0.05, 0) is 25.0 Å². The number of carbonyl (C=O) groups excluding carboxylic acids is 1. The lowest BCUT2D eigenvalue weighted by Crippen LogP contribution is -2.36. The number of hydrogen-bond acceptors (Lipinski definition) is 2. The summed E-state index contributed by atoms with van der Waals surface area (Å²) in [6.07, 6.45) is 5.41. The SMILES string of the molecule is COc1c(C(=O)NC2CCCCC2)ccc(Cl)c1F. The zero-order valence-corrected chi connectivity index (χ0v) is 11.6. The van der Waals surface area contributed by atoms with E-state index in [4.69, 9.17) is 16.3 Å². The Morgan fingerprint density at radius 3 is 2.68 bits per heavy atom. The molecular weight excluding hydrogens is 269 g/mol. The van der Waals surface area contributed by atoms with Crippen LogP contribution >= 0.6 is 11.6 Å². The molecule has 5 heteroatoms. The Morgan fingerprint density at radius 2 is 2.05 bits per heavy atom. The number of amides is 1. The van der Waals surface area contributed by atoms with Gasteiger partial charge in [-0.15, -0.1) is 0 Å². The number of rotatable bonds is 3. The summed E-state index contributed by atoms with van der Waals surface area (Å²) in [4.78, 5) is 12.2. The van der Waals surface area contributed by atoms with Crippen LogP contribution in [0, 0.1) is 5.82 Å². The van der Waals surface area contributed by atoms with E-state index in [-0.39, 0.29) is 28.3 Å². The van der Waals surface area contributed by atoms with Gasteiger partial charge in [0.15, 0.2) is 11.6 Å². The number of benzene rings is 1. The van der Waals surface area contributed by atoms with Crippen molar-refractivity contribution in [1.29, 1.82) is 0 Å². The summed E-state index contributed by atoms with van der Waals surface area (Å²) in [6, 6.07) is 3.03. The standard InChI is InChI=1S/C14H17ClFNO2/c1-19-13-10(7-8-11(15)12(13)16)14(18)17-9-5-3-2-4-6-9/h7-9H,2-6H2,1H3,(H,17,18). The van der Waals surface area contributed by atoms with Crippen LogP contribution in [-0.4, -0.2) is 19.1 Å². The fraction of sp³-hybridized carbons (Fsp3) is 0.500. The minimum Gasteiger partial charge on any atom is -0.493 e. The highest BCUT2D eigenvalue weighted by Crippen LogP contribution is 2.29. The predicted octanol–water partition coefficient (Wildman–Crippen LogP) is 3.55. The first-order valence-corrected chi connectivity index (χ1v) is 6.84. The minimum absolute atomic E-state index is 0.0499. The molecule has 0 aromatic heterocycles. The van der Waals surface area contributed by atoms with Crippen molar-refractivity contribution in [2.75, 3.05) is 7.11 Å². The summed E-state index contributed by atoms with van der Waals surface area (Å²) in [7, 11) is 1.33. The van der Waals surface area contributed by atoms with Crippen LogP contribution in [0.3, 0.4) is 0 Å². The van der Waals surface area contributed by atoms with Crippen molar-refractivity contribution < 1.29 is 13.9 Å². The van der Waals surface area contributed by atoms with Crippen molar-refractivity contribution in [3.8, 4) is 5.75 Å². The first-order chi connectivity index (χ1) is 9.13. The lowest BCUT2D eigenvalue weighted by Gasteiger charge is -2.23. The van der Waals surface area contributed by atoms with Crippen LogP contribution < -0.4 is 10.1 Å². The maximum Gasteiger partial charge on any atom is 0.255 e. The number of carbonyl (C=O) groups is 1. The van der Waals surface area contributed by atoms with Crippen molar-refractivity contribution >= 4 is 17.5 Å². The molecular formula is C14H17ClFNO2. The second-order valence-electron chi connectivity index (χ2n) is 4.75. The lowest BCUT2D eigenvalue weighted by molar-refractivity contribution is 0.0924. The Hall–Kier alpha value is -1.29. The molecule has 19 heavy (non-hydrogen) atoms. The summed E-state index contributed by atoms with van der Waals surface area (Å²) < 4.78 is 18.7. The average Bonchev–Trinajstić information content (AvgIpc) is 2.42. The number of hydrogen-bond donors (Lipinski definition) is 1. The minimum atomic E-state index is -0.694. The quantitative estimate of drug-likeness (QED) is 0.922. The normalized spacial score (nSPS) is 16.2. The molecule has 1 saturated carbocycles. The summed E-state index contributed by atoms with van der Waals surface area (Å²) in [5.41, 5.74) is 0.190. The molecule has 0 atom stereocenters. The van der Waals surface area contributed by atoms with E-state index in [1.165, 1.54) is 25.7 Å². The van der Waals surface area contributed by atoms with E-state index in [9.17, 15) is 9.18 Å². The maximum atomic E-state index is 13.8. The molecule has 1 aromatic rings. The summed E-state index contributed by atoms with van der Waals surface area (Å²) in [5.74, 6) is -1.10. The Bertz CT molecular complexity index is 473. The zero-order valence-electron chi connectivity index (χ0n) is 10.8. The Labute approximate surface area is 117 Å². The molecule has 0 heterocycles. The van der Waals surface area contributed by atoms with Crippen LogP contribution in [0.1, 0.15) is 42.5 Å². The predicted molar refractivity (Wildman–Crippen MR) is 72.3 cm³/mol. The van der Waals surface area contributed by atoms with E-state index < -0.39 is 5.82 Å². The van der Waals surface area contributed by atoms with Gasteiger partial charge in [0.2, 0.25) is 0 Å². The van der Waals surface area contributed by atoms with E-state index in [2.05, 4.69) is 5.32 Å². The van der Waals surface area contributed by atoms with Crippen LogP contribution in [0.25, 0.3) is 0 Å². The van der Waals surface area contributed by atoms with Gasteiger partial charge in [0.1, 0.15) is 0 Å². The van der Waals surface area contributed by atoms with E-state index in [0.717, 1.165) is 25.7 Å². The fourth-order valence-corrected chi connectivity index (χ4v) is 2.57. The lowest BCUT2D eigenvalue weighted by atomic mass is 9.95.